The Hall–Kier alpha value is -4.58. The number of tetrazole rings is 1. The van der Waals surface area contributed by atoms with Crippen LogP contribution >= 0.6 is 0 Å². The van der Waals surface area contributed by atoms with Crippen molar-refractivity contribution in [3.05, 3.63) is 77.9 Å². The monoisotopic (exact) mass is 559 g/mol. The zero-order valence-electron chi connectivity index (χ0n) is 22.3. The van der Waals surface area contributed by atoms with Crippen LogP contribution in [0.3, 0.4) is 0 Å². The number of rotatable bonds is 10. The summed E-state index contributed by atoms with van der Waals surface area (Å²) in [6, 6.07) is 21.3. The standard InChI is InChI=1S/C28H29N7O4S/c1-4-5-17-35(28-29-25-23(11-8-12-24(25)39-28)27(36)32-40(3,37)38)18(2)19-13-15-20(16-14-19)21-9-6-7-10-22(21)26-30-33-34-31-26/h6-16,18H,4-5,17H2,1-3H3,(H,32,36)(H,30,31,33,34)/t18-/m1/s1. The molecule has 12 heteroatoms. The normalized spacial score (nSPS) is 12.4. The second-order valence-corrected chi connectivity index (χ2v) is 11.2. The predicted octanol–water partition coefficient (Wildman–Crippen LogP) is 4.73. The molecule has 2 heterocycles. The van der Waals surface area contributed by atoms with Crippen LogP contribution in [0.15, 0.2) is 71.1 Å². The summed E-state index contributed by atoms with van der Waals surface area (Å²) in [4.78, 5) is 19.3. The van der Waals surface area contributed by atoms with Crippen LogP contribution < -0.4 is 9.62 Å². The molecule has 206 valence electrons. The summed E-state index contributed by atoms with van der Waals surface area (Å²) in [5, 5.41) is 14.4. The second-order valence-electron chi connectivity index (χ2n) is 9.48. The number of aromatic nitrogens is 5. The molecule has 5 aromatic rings. The van der Waals surface area contributed by atoms with Crippen LogP contribution in [-0.4, -0.2) is 52.7 Å². The van der Waals surface area contributed by atoms with E-state index in [9.17, 15) is 13.2 Å². The molecule has 0 saturated heterocycles. The molecule has 3 aromatic carbocycles. The molecule has 0 saturated carbocycles. The lowest BCUT2D eigenvalue weighted by Crippen LogP contribution is -2.29. The zero-order valence-corrected chi connectivity index (χ0v) is 23.1. The van der Waals surface area contributed by atoms with Crippen molar-refractivity contribution in [1.82, 2.24) is 30.3 Å². The van der Waals surface area contributed by atoms with Crippen molar-refractivity contribution in [3.8, 4) is 22.5 Å². The molecular formula is C28H29N7O4S. The minimum atomic E-state index is -3.73. The van der Waals surface area contributed by atoms with Gasteiger partial charge in [-0.3, -0.25) is 4.79 Å². The number of fused-ring (bicyclic) bond motifs is 1. The number of para-hydroxylation sites is 1. The fourth-order valence-electron chi connectivity index (χ4n) is 4.58. The van der Waals surface area contributed by atoms with Crippen LogP contribution in [0, 0.1) is 0 Å². The second kappa shape index (κ2) is 11.3. The maximum absolute atomic E-state index is 12.6. The molecule has 0 unspecified atom stereocenters. The van der Waals surface area contributed by atoms with Crippen LogP contribution in [-0.2, 0) is 10.0 Å². The number of carbonyl (C=O) groups excluding carboxylic acids is 1. The highest BCUT2D eigenvalue weighted by atomic mass is 32.2. The molecule has 0 spiro atoms. The van der Waals surface area contributed by atoms with E-state index in [1.807, 2.05) is 29.0 Å². The fraction of sp³-hybridized carbons (Fsp3) is 0.250. The van der Waals surface area contributed by atoms with E-state index in [0.29, 0.717) is 29.5 Å². The third kappa shape index (κ3) is 5.71. The van der Waals surface area contributed by atoms with E-state index < -0.39 is 15.9 Å². The highest BCUT2D eigenvalue weighted by Gasteiger charge is 2.24. The third-order valence-corrected chi connectivity index (χ3v) is 7.17. The Labute approximate surface area is 231 Å². The average Bonchev–Trinajstić information content (AvgIpc) is 3.63. The Kier molecular flexibility index (Phi) is 7.60. The zero-order chi connectivity index (χ0) is 28.3. The number of benzene rings is 3. The summed E-state index contributed by atoms with van der Waals surface area (Å²) >= 11 is 0. The van der Waals surface area contributed by atoms with Crippen molar-refractivity contribution in [3.63, 3.8) is 0 Å². The summed E-state index contributed by atoms with van der Waals surface area (Å²) in [5.41, 5.74) is 4.77. The van der Waals surface area contributed by atoms with Crippen molar-refractivity contribution in [2.45, 2.75) is 32.7 Å². The first-order valence-corrected chi connectivity index (χ1v) is 14.8. The summed E-state index contributed by atoms with van der Waals surface area (Å²) < 4.78 is 31.4. The number of amides is 1. The molecule has 0 aliphatic rings. The number of anilines is 1. The Morgan fingerprint density at radius 3 is 2.48 bits per heavy atom. The Morgan fingerprint density at radius 1 is 1.05 bits per heavy atom. The topological polar surface area (TPSA) is 147 Å². The number of unbranched alkanes of at least 4 members (excludes halogenated alkanes) is 1. The van der Waals surface area contributed by atoms with Gasteiger partial charge in [0.1, 0.15) is 5.52 Å². The lowest BCUT2D eigenvalue weighted by atomic mass is 9.97. The predicted molar refractivity (Wildman–Crippen MR) is 152 cm³/mol. The molecular weight excluding hydrogens is 530 g/mol. The third-order valence-electron chi connectivity index (χ3n) is 6.61. The Balaban J connectivity index is 1.46. The van der Waals surface area contributed by atoms with Crippen molar-refractivity contribution >= 4 is 33.0 Å². The quantitative estimate of drug-likeness (QED) is 0.248. The Bertz CT molecular complexity index is 1730. The SMILES string of the molecule is CCCCN(c1nc2c(C(=O)NS(C)(=O)=O)cccc2o1)[C@H](C)c1ccc(-c2ccccc2-c2nn[nH]n2)cc1. The number of H-pyrrole nitrogens is 1. The van der Waals surface area contributed by atoms with Crippen LogP contribution in [0.5, 0.6) is 0 Å². The first-order valence-electron chi connectivity index (χ1n) is 12.9. The Morgan fingerprint density at radius 2 is 1.80 bits per heavy atom. The van der Waals surface area contributed by atoms with E-state index >= 15 is 0 Å². The van der Waals surface area contributed by atoms with Gasteiger partial charge in [0.2, 0.25) is 15.8 Å². The van der Waals surface area contributed by atoms with Gasteiger partial charge >= 0.3 is 0 Å². The molecule has 2 N–H and O–H groups in total. The summed E-state index contributed by atoms with van der Waals surface area (Å²) in [7, 11) is -3.73. The van der Waals surface area contributed by atoms with Crippen LogP contribution in [0.2, 0.25) is 0 Å². The maximum atomic E-state index is 12.6. The van der Waals surface area contributed by atoms with Gasteiger partial charge in [0, 0.05) is 12.1 Å². The smallest absolute Gasteiger partial charge is 0.298 e. The summed E-state index contributed by atoms with van der Waals surface area (Å²) in [6.45, 7) is 4.86. The highest BCUT2D eigenvalue weighted by Crippen LogP contribution is 2.34. The highest BCUT2D eigenvalue weighted by molar-refractivity contribution is 7.89. The van der Waals surface area contributed by atoms with Crippen molar-refractivity contribution in [2.75, 3.05) is 17.7 Å². The van der Waals surface area contributed by atoms with Gasteiger partial charge in [-0.2, -0.15) is 10.2 Å². The molecule has 1 amide bonds. The van der Waals surface area contributed by atoms with E-state index in [2.05, 4.69) is 68.6 Å². The van der Waals surface area contributed by atoms with Gasteiger partial charge in [-0.25, -0.2) is 13.1 Å². The number of sulfonamides is 1. The number of carbonyl (C=O) groups is 1. The van der Waals surface area contributed by atoms with Crippen molar-refractivity contribution in [2.24, 2.45) is 0 Å². The van der Waals surface area contributed by atoms with E-state index in [4.69, 9.17) is 4.42 Å². The van der Waals surface area contributed by atoms with Gasteiger partial charge in [-0.1, -0.05) is 67.9 Å². The van der Waals surface area contributed by atoms with Crippen LogP contribution in [0.25, 0.3) is 33.6 Å². The molecule has 40 heavy (non-hydrogen) atoms. The molecule has 0 aliphatic carbocycles. The van der Waals surface area contributed by atoms with Gasteiger partial charge < -0.3 is 9.32 Å². The largest absolute Gasteiger partial charge is 0.423 e. The first-order chi connectivity index (χ1) is 19.2. The van der Waals surface area contributed by atoms with Crippen molar-refractivity contribution < 1.29 is 17.6 Å². The van der Waals surface area contributed by atoms with E-state index in [0.717, 1.165) is 41.4 Å². The molecule has 11 nitrogen and oxygen atoms in total. The molecule has 5 rings (SSSR count). The van der Waals surface area contributed by atoms with E-state index in [1.54, 1.807) is 12.1 Å². The molecule has 0 fully saturated rings. The minimum Gasteiger partial charge on any atom is -0.423 e. The lowest BCUT2D eigenvalue weighted by Gasteiger charge is -2.28. The van der Waals surface area contributed by atoms with Crippen molar-refractivity contribution in [1.29, 1.82) is 0 Å². The number of hydrogen-bond acceptors (Lipinski definition) is 9. The molecule has 0 bridgehead atoms. The molecule has 2 aromatic heterocycles. The number of hydrogen-bond donors (Lipinski definition) is 2. The lowest BCUT2D eigenvalue weighted by molar-refractivity contribution is 0.0983. The number of aromatic amines is 1. The van der Waals surface area contributed by atoms with Gasteiger partial charge in [0.25, 0.3) is 11.9 Å². The average molecular weight is 560 g/mol. The van der Waals surface area contributed by atoms with E-state index in [1.165, 1.54) is 6.07 Å². The van der Waals surface area contributed by atoms with Crippen LogP contribution in [0.1, 0.15) is 48.7 Å². The molecule has 0 aliphatic heterocycles. The van der Waals surface area contributed by atoms with Crippen LogP contribution in [0.4, 0.5) is 6.01 Å². The number of oxazole rings is 1. The minimum absolute atomic E-state index is 0.102. The number of nitrogens with zero attached hydrogens (tertiary/aromatic N) is 5. The molecule has 0 radical (unpaired) electrons. The number of nitrogens with one attached hydrogen (secondary N) is 2. The fourth-order valence-corrected chi connectivity index (χ4v) is 5.02. The van der Waals surface area contributed by atoms with Gasteiger partial charge in [0.15, 0.2) is 5.58 Å². The summed E-state index contributed by atoms with van der Waals surface area (Å²) in [6.07, 6.45) is 2.81. The van der Waals surface area contributed by atoms with Gasteiger partial charge in [-0.05, 0) is 47.4 Å². The van der Waals surface area contributed by atoms with Gasteiger partial charge in [-0.15, -0.1) is 10.2 Å². The first kappa shape index (κ1) is 27.0. The van der Waals surface area contributed by atoms with Gasteiger partial charge in [0.05, 0.1) is 17.9 Å². The summed E-state index contributed by atoms with van der Waals surface area (Å²) in [5.74, 6) is -0.225. The molecule has 1 atom stereocenters. The van der Waals surface area contributed by atoms with E-state index in [-0.39, 0.29) is 11.6 Å². The maximum Gasteiger partial charge on any atom is 0.298 e.